The van der Waals surface area contributed by atoms with Crippen LogP contribution in [0.2, 0.25) is 5.28 Å². The summed E-state index contributed by atoms with van der Waals surface area (Å²) in [7, 11) is 0. The minimum atomic E-state index is 0.272. The maximum Gasteiger partial charge on any atom is 0.224 e. The molecule has 4 rings (SSSR count). The lowest BCUT2D eigenvalue weighted by Crippen LogP contribution is -2.20. The van der Waals surface area contributed by atoms with Gasteiger partial charge in [-0.25, -0.2) is 9.97 Å². The highest BCUT2D eigenvalue weighted by Crippen LogP contribution is 2.33. The normalized spacial score (nSPS) is 17.1. The molecule has 0 saturated carbocycles. The molecule has 3 aromatic heterocycles. The molecule has 102 valence electrons. The fraction of sp³-hybridized carbons (Fsp3) is 0.357. The molecule has 4 heterocycles. The Kier molecular flexibility index (Phi) is 2.82. The van der Waals surface area contributed by atoms with Gasteiger partial charge in [0.2, 0.25) is 5.28 Å². The van der Waals surface area contributed by atoms with E-state index in [2.05, 4.69) is 25.6 Å². The molecule has 0 amide bonds. The molecule has 0 aromatic carbocycles. The topological polar surface area (TPSA) is 52.8 Å². The molecule has 0 N–H and O–H groups in total. The van der Waals surface area contributed by atoms with Crippen molar-refractivity contribution in [3.8, 4) is 0 Å². The van der Waals surface area contributed by atoms with E-state index >= 15 is 0 Å². The highest BCUT2D eigenvalue weighted by molar-refractivity contribution is 6.28. The maximum absolute atomic E-state index is 5.98. The molecular weight excluding hydrogens is 276 g/mol. The zero-order valence-corrected chi connectivity index (χ0v) is 11.5. The van der Waals surface area contributed by atoms with Crippen LogP contribution < -0.4 is 0 Å². The van der Waals surface area contributed by atoms with Gasteiger partial charge in [0.05, 0.1) is 0 Å². The summed E-state index contributed by atoms with van der Waals surface area (Å²) in [5.74, 6) is 0. The van der Waals surface area contributed by atoms with Crippen molar-refractivity contribution in [3.63, 3.8) is 0 Å². The number of halogens is 1. The average Bonchev–Trinajstić information content (AvgIpc) is 2.81. The van der Waals surface area contributed by atoms with Gasteiger partial charge in [0.1, 0.15) is 11.3 Å². The molecule has 1 fully saturated rings. The van der Waals surface area contributed by atoms with E-state index in [1.54, 1.807) is 6.20 Å². The van der Waals surface area contributed by atoms with Gasteiger partial charge in [0, 0.05) is 42.4 Å². The Labute approximate surface area is 120 Å². The number of ether oxygens (including phenoxy) is 1. The lowest BCUT2D eigenvalue weighted by molar-refractivity contribution is 0.0714. The molecular formula is C14H13ClN4O. The molecule has 3 aromatic rings. The van der Waals surface area contributed by atoms with Gasteiger partial charge in [0.15, 0.2) is 0 Å². The van der Waals surface area contributed by atoms with Crippen LogP contribution in [0.15, 0.2) is 24.5 Å². The Bertz CT molecular complexity index is 779. The molecule has 0 spiro atoms. The summed E-state index contributed by atoms with van der Waals surface area (Å²) in [6.07, 6.45) is 5.53. The summed E-state index contributed by atoms with van der Waals surface area (Å²) >= 11 is 5.98. The summed E-state index contributed by atoms with van der Waals surface area (Å²) < 4.78 is 7.65. The first-order valence-electron chi connectivity index (χ1n) is 6.69. The molecule has 1 aliphatic rings. The van der Waals surface area contributed by atoms with Crippen LogP contribution in [-0.2, 0) is 4.74 Å². The fourth-order valence-electron chi connectivity index (χ4n) is 2.91. The van der Waals surface area contributed by atoms with Crippen LogP contribution in [-0.4, -0.2) is 32.7 Å². The zero-order valence-electron chi connectivity index (χ0n) is 10.8. The Balaban J connectivity index is 2.05. The van der Waals surface area contributed by atoms with Gasteiger partial charge in [-0.2, -0.15) is 4.98 Å². The number of aromatic nitrogens is 4. The third-order valence-electron chi connectivity index (χ3n) is 3.83. The van der Waals surface area contributed by atoms with Crippen LogP contribution in [0.1, 0.15) is 18.9 Å². The third-order valence-corrected chi connectivity index (χ3v) is 4.01. The molecule has 0 aliphatic carbocycles. The molecule has 20 heavy (non-hydrogen) atoms. The zero-order chi connectivity index (χ0) is 13.5. The van der Waals surface area contributed by atoms with Crippen molar-refractivity contribution in [1.29, 1.82) is 0 Å². The molecule has 5 nitrogen and oxygen atoms in total. The van der Waals surface area contributed by atoms with E-state index in [1.165, 1.54) is 0 Å². The Morgan fingerprint density at radius 2 is 2.00 bits per heavy atom. The lowest BCUT2D eigenvalue weighted by atomic mass is 10.1. The SMILES string of the molecule is Clc1ncc2c3cccnc3n(C3CCOCC3)c2n1. The maximum atomic E-state index is 5.98. The monoisotopic (exact) mass is 288 g/mol. The Morgan fingerprint density at radius 3 is 2.85 bits per heavy atom. The number of pyridine rings is 1. The first-order chi connectivity index (χ1) is 9.84. The van der Waals surface area contributed by atoms with Gasteiger partial charge in [-0.3, -0.25) is 0 Å². The third kappa shape index (κ3) is 1.77. The minimum absolute atomic E-state index is 0.272. The van der Waals surface area contributed by atoms with Crippen LogP contribution in [0.5, 0.6) is 0 Å². The van der Waals surface area contributed by atoms with Gasteiger partial charge < -0.3 is 9.30 Å². The number of rotatable bonds is 1. The molecule has 0 unspecified atom stereocenters. The largest absolute Gasteiger partial charge is 0.381 e. The van der Waals surface area contributed by atoms with E-state index in [9.17, 15) is 0 Å². The number of hydrogen-bond acceptors (Lipinski definition) is 4. The van der Waals surface area contributed by atoms with Gasteiger partial charge >= 0.3 is 0 Å². The summed E-state index contributed by atoms with van der Waals surface area (Å²) in [5, 5.41) is 2.35. The smallest absolute Gasteiger partial charge is 0.224 e. The number of nitrogens with zero attached hydrogens (tertiary/aromatic N) is 4. The fourth-order valence-corrected chi connectivity index (χ4v) is 3.04. The standard InChI is InChI=1S/C14H13ClN4O/c15-14-17-8-11-10-2-1-5-16-12(10)19(13(11)18-14)9-3-6-20-7-4-9/h1-2,5,8-9H,3-4,6-7H2. The summed E-state index contributed by atoms with van der Waals surface area (Å²) in [6, 6.07) is 4.34. The van der Waals surface area contributed by atoms with E-state index in [1.807, 2.05) is 12.3 Å². The molecule has 6 heteroatoms. The molecule has 0 radical (unpaired) electrons. The van der Waals surface area contributed by atoms with Crippen LogP contribution in [0.25, 0.3) is 22.1 Å². The van der Waals surface area contributed by atoms with Crippen LogP contribution >= 0.6 is 11.6 Å². The van der Waals surface area contributed by atoms with Crippen LogP contribution in [0, 0.1) is 0 Å². The van der Waals surface area contributed by atoms with Crippen molar-refractivity contribution in [1.82, 2.24) is 19.5 Å². The summed E-state index contributed by atoms with van der Waals surface area (Å²) in [6.45, 7) is 1.55. The number of fused-ring (bicyclic) bond motifs is 3. The van der Waals surface area contributed by atoms with E-state index in [-0.39, 0.29) is 5.28 Å². The predicted octanol–water partition coefficient (Wildman–Crippen LogP) is 2.98. The summed E-state index contributed by atoms with van der Waals surface area (Å²) in [5.41, 5.74) is 1.82. The average molecular weight is 289 g/mol. The van der Waals surface area contributed by atoms with Crippen molar-refractivity contribution in [2.75, 3.05) is 13.2 Å². The van der Waals surface area contributed by atoms with E-state index in [0.29, 0.717) is 6.04 Å². The molecule has 0 atom stereocenters. The second kappa shape index (κ2) is 4.68. The molecule has 1 saturated heterocycles. The van der Waals surface area contributed by atoms with Crippen molar-refractivity contribution in [2.24, 2.45) is 0 Å². The number of hydrogen-bond donors (Lipinski definition) is 0. The summed E-state index contributed by atoms with van der Waals surface area (Å²) in [4.78, 5) is 13.1. The van der Waals surface area contributed by atoms with Crippen LogP contribution in [0.4, 0.5) is 0 Å². The van der Waals surface area contributed by atoms with Crippen molar-refractivity contribution >= 4 is 33.7 Å². The van der Waals surface area contributed by atoms with E-state index in [4.69, 9.17) is 16.3 Å². The Hall–Kier alpha value is -1.72. The second-order valence-electron chi connectivity index (χ2n) is 4.96. The van der Waals surface area contributed by atoms with Gasteiger partial charge in [-0.15, -0.1) is 0 Å². The molecule has 0 bridgehead atoms. The van der Waals surface area contributed by atoms with E-state index < -0.39 is 0 Å². The highest BCUT2D eigenvalue weighted by Gasteiger charge is 2.22. The van der Waals surface area contributed by atoms with Gasteiger partial charge in [-0.05, 0) is 36.6 Å². The van der Waals surface area contributed by atoms with Crippen molar-refractivity contribution in [3.05, 3.63) is 29.8 Å². The van der Waals surface area contributed by atoms with Crippen molar-refractivity contribution in [2.45, 2.75) is 18.9 Å². The van der Waals surface area contributed by atoms with Gasteiger partial charge in [0.25, 0.3) is 0 Å². The second-order valence-corrected chi connectivity index (χ2v) is 5.30. The highest BCUT2D eigenvalue weighted by atomic mass is 35.5. The van der Waals surface area contributed by atoms with E-state index in [0.717, 1.165) is 48.1 Å². The quantitative estimate of drug-likeness (QED) is 0.646. The van der Waals surface area contributed by atoms with Crippen molar-refractivity contribution < 1.29 is 4.74 Å². The Morgan fingerprint density at radius 1 is 1.15 bits per heavy atom. The molecule has 1 aliphatic heterocycles. The lowest BCUT2D eigenvalue weighted by Gasteiger charge is -2.24. The predicted molar refractivity (Wildman–Crippen MR) is 76.9 cm³/mol. The first-order valence-corrected chi connectivity index (χ1v) is 7.07. The van der Waals surface area contributed by atoms with Crippen LogP contribution in [0.3, 0.4) is 0 Å². The first kappa shape index (κ1) is 12.1. The minimum Gasteiger partial charge on any atom is -0.381 e. The van der Waals surface area contributed by atoms with Gasteiger partial charge in [-0.1, -0.05) is 0 Å².